The van der Waals surface area contributed by atoms with Crippen molar-refractivity contribution in [3.8, 4) is 0 Å². The zero-order valence-corrected chi connectivity index (χ0v) is 15.6. The second-order valence-electron chi connectivity index (χ2n) is 8.30. The quantitative estimate of drug-likeness (QED) is 0.629. The number of anilines is 1. The van der Waals surface area contributed by atoms with Crippen molar-refractivity contribution >= 4 is 22.6 Å². The van der Waals surface area contributed by atoms with Crippen LogP contribution >= 0.6 is 0 Å². The molecule has 0 aliphatic heterocycles. The van der Waals surface area contributed by atoms with E-state index in [2.05, 4.69) is 36.3 Å². The predicted octanol–water partition coefficient (Wildman–Crippen LogP) is 5.52. The number of pyridine rings is 1. The van der Waals surface area contributed by atoms with Crippen molar-refractivity contribution in [1.82, 2.24) is 4.98 Å². The molecule has 3 aromatic rings. The van der Waals surface area contributed by atoms with E-state index < -0.39 is 5.97 Å². The first-order chi connectivity index (χ1) is 12.9. The first-order valence-electron chi connectivity index (χ1n) is 9.36. The van der Waals surface area contributed by atoms with Crippen molar-refractivity contribution in [2.45, 2.75) is 32.7 Å². The van der Waals surface area contributed by atoms with Crippen LogP contribution in [0.25, 0.3) is 10.9 Å². The van der Waals surface area contributed by atoms with Crippen molar-refractivity contribution in [3.05, 3.63) is 71.9 Å². The first-order valence-corrected chi connectivity index (χ1v) is 9.36. The molecule has 1 aliphatic carbocycles. The van der Waals surface area contributed by atoms with E-state index in [1.807, 2.05) is 36.5 Å². The van der Waals surface area contributed by atoms with Crippen molar-refractivity contribution < 1.29 is 9.90 Å². The molecule has 0 radical (unpaired) electrons. The minimum Gasteiger partial charge on any atom is -0.478 e. The number of hydrogen-bond acceptors (Lipinski definition) is 3. The number of aromatic carboxylic acids is 1. The molecule has 1 saturated carbocycles. The van der Waals surface area contributed by atoms with Gasteiger partial charge in [0.15, 0.2) is 0 Å². The van der Waals surface area contributed by atoms with Gasteiger partial charge in [-0.25, -0.2) is 4.79 Å². The molecule has 1 fully saturated rings. The average molecular weight is 360 g/mol. The molecule has 4 heteroatoms. The number of carboxylic acids is 1. The summed E-state index contributed by atoms with van der Waals surface area (Å²) in [5.41, 5.74) is 3.78. The summed E-state index contributed by atoms with van der Waals surface area (Å²) in [7, 11) is 0. The lowest BCUT2D eigenvalue weighted by Gasteiger charge is -2.47. The molecule has 0 amide bonds. The Morgan fingerprint density at radius 1 is 1.15 bits per heavy atom. The lowest BCUT2D eigenvalue weighted by molar-refractivity contribution is 0.0697. The highest BCUT2D eigenvalue weighted by Crippen LogP contribution is 2.51. The fourth-order valence-corrected chi connectivity index (χ4v) is 4.23. The van der Waals surface area contributed by atoms with Crippen LogP contribution in [0.1, 0.15) is 48.7 Å². The summed E-state index contributed by atoms with van der Waals surface area (Å²) >= 11 is 0. The smallest absolute Gasteiger partial charge is 0.335 e. The average Bonchev–Trinajstić information content (AvgIpc) is 2.64. The van der Waals surface area contributed by atoms with Crippen LogP contribution in [0.4, 0.5) is 5.69 Å². The summed E-state index contributed by atoms with van der Waals surface area (Å²) in [6, 6.07) is 17.6. The van der Waals surface area contributed by atoms with Gasteiger partial charge in [-0.2, -0.15) is 0 Å². The first kappa shape index (κ1) is 17.5. The number of aromatic nitrogens is 1. The molecule has 1 heterocycles. The summed E-state index contributed by atoms with van der Waals surface area (Å²) in [5, 5.41) is 13.9. The monoisotopic (exact) mass is 360 g/mol. The molecule has 1 aromatic heterocycles. The van der Waals surface area contributed by atoms with E-state index in [4.69, 9.17) is 5.11 Å². The fourth-order valence-electron chi connectivity index (χ4n) is 4.23. The van der Waals surface area contributed by atoms with Crippen LogP contribution < -0.4 is 5.32 Å². The summed E-state index contributed by atoms with van der Waals surface area (Å²) in [6.45, 7) is 4.59. The Morgan fingerprint density at radius 3 is 2.52 bits per heavy atom. The second-order valence-corrected chi connectivity index (χ2v) is 8.30. The van der Waals surface area contributed by atoms with Crippen LogP contribution in [-0.4, -0.2) is 16.1 Å². The van der Waals surface area contributed by atoms with Gasteiger partial charge in [0.2, 0.25) is 0 Å². The number of nitrogens with zero attached hydrogens (tertiary/aromatic N) is 1. The highest BCUT2D eigenvalue weighted by molar-refractivity contribution is 5.87. The Labute approximate surface area is 159 Å². The Bertz CT molecular complexity index is 971. The maximum Gasteiger partial charge on any atom is 0.335 e. The van der Waals surface area contributed by atoms with Gasteiger partial charge in [-0.1, -0.05) is 44.2 Å². The highest BCUT2D eigenvalue weighted by atomic mass is 16.4. The van der Waals surface area contributed by atoms with Crippen LogP contribution in [0.3, 0.4) is 0 Å². The van der Waals surface area contributed by atoms with E-state index in [1.54, 1.807) is 12.1 Å². The zero-order chi connectivity index (χ0) is 19.0. The van der Waals surface area contributed by atoms with E-state index >= 15 is 0 Å². The van der Waals surface area contributed by atoms with E-state index in [9.17, 15) is 4.79 Å². The van der Waals surface area contributed by atoms with Gasteiger partial charge in [-0.3, -0.25) is 4.98 Å². The third-order valence-electron chi connectivity index (χ3n) is 5.53. The third-order valence-corrected chi connectivity index (χ3v) is 5.53. The molecule has 1 atom stereocenters. The summed E-state index contributed by atoms with van der Waals surface area (Å²) < 4.78 is 0. The minimum absolute atomic E-state index is 0.142. The molecule has 2 aromatic carbocycles. The van der Waals surface area contributed by atoms with Gasteiger partial charge < -0.3 is 10.4 Å². The number of carboxylic acid groups (broad SMARTS) is 1. The Hall–Kier alpha value is -2.88. The van der Waals surface area contributed by atoms with Gasteiger partial charge in [0, 0.05) is 5.39 Å². The Morgan fingerprint density at radius 2 is 1.85 bits per heavy atom. The molecule has 138 valence electrons. The topological polar surface area (TPSA) is 62.2 Å². The van der Waals surface area contributed by atoms with Crippen LogP contribution in [0.15, 0.2) is 60.8 Å². The molecule has 2 N–H and O–H groups in total. The van der Waals surface area contributed by atoms with Gasteiger partial charge >= 0.3 is 5.97 Å². The highest BCUT2D eigenvalue weighted by Gasteiger charge is 2.41. The molecule has 0 spiro atoms. The summed E-state index contributed by atoms with van der Waals surface area (Å²) in [4.78, 5) is 15.7. The number of benzene rings is 2. The van der Waals surface area contributed by atoms with Crippen molar-refractivity contribution in [2.24, 2.45) is 11.3 Å². The Kier molecular flexibility index (Phi) is 4.34. The molecule has 0 bridgehead atoms. The predicted molar refractivity (Wildman–Crippen MR) is 108 cm³/mol. The lowest BCUT2D eigenvalue weighted by Crippen LogP contribution is -2.38. The molecular formula is C23H24N2O2. The molecule has 1 unspecified atom stereocenters. The van der Waals surface area contributed by atoms with E-state index in [0.29, 0.717) is 16.9 Å². The number of rotatable bonds is 5. The molecule has 0 saturated heterocycles. The minimum atomic E-state index is -0.894. The van der Waals surface area contributed by atoms with Gasteiger partial charge in [0.25, 0.3) is 0 Å². The maximum atomic E-state index is 11.2. The molecule has 27 heavy (non-hydrogen) atoms. The molecule has 4 nitrogen and oxygen atoms in total. The SMILES string of the molecule is CC1(C)CC(C(Nc2cnc3ccccc3c2)c2ccc(C(=O)O)cc2)C1. The van der Waals surface area contributed by atoms with Crippen LogP contribution in [0, 0.1) is 11.3 Å². The number of carbonyl (C=O) groups is 1. The van der Waals surface area contributed by atoms with Crippen molar-refractivity contribution in [1.29, 1.82) is 0 Å². The van der Waals surface area contributed by atoms with Gasteiger partial charge in [-0.15, -0.1) is 0 Å². The molecular weight excluding hydrogens is 336 g/mol. The number of nitrogens with one attached hydrogen (secondary N) is 1. The Balaban J connectivity index is 1.63. The van der Waals surface area contributed by atoms with Crippen LogP contribution in [0.5, 0.6) is 0 Å². The number of hydrogen-bond donors (Lipinski definition) is 2. The molecule has 4 rings (SSSR count). The van der Waals surface area contributed by atoms with Crippen LogP contribution in [-0.2, 0) is 0 Å². The normalized spacial score (nSPS) is 17.3. The van der Waals surface area contributed by atoms with Gasteiger partial charge in [-0.05, 0) is 54.0 Å². The zero-order valence-electron chi connectivity index (χ0n) is 15.6. The van der Waals surface area contributed by atoms with Gasteiger partial charge in [0.1, 0.15) is 0 Å². The summed E-state index contributed by atoms with van der Waals surface area (Å²) in [6.07, 6.45) is 4.17. The third kappa shape index (κ3) is 3.65. The largest absolute Gasteiger partial charge is 0.478 e. The second kappa shape index (κ2) is 6.69. The maximum absolute atomic E-state index is 11.2. The van der Waals surface area contributed by atoms with E-state index in [1.165, 1.54) is 0 Å². The van der Waals surface area contributed by atoms with Crippen molar-refractivity contribution in [3.63, 3.8) is 0 Å². The fraction of sp³-hybridized carbons (Fsp3) is 0.304. The molecule has 1 aliphatic rings. The standard InChI is InChI=1S/C23H24N2O2/c1-23(2)12-18(13-23)21(15-7-9-16(10-8-15)22(26)27)25-19-11-17-5-3-4-6-20(17)24-14-19/h3-11,14,18,21,25H,12-13H2,1-2H3,(H,26,27). The van der Waals surface area contributed by atoms with Gasteiger partial charge in [0.05, 0.1) is 29.0 Å². The lowest BCUT2D eigenvalue weighted by atomic mass is 9.61. The number of fused-ring (bicyclic) bond motifs is 1. The summed E-state index contributed by atoms with van der Waals surface area (Å²) in [5.74, 6) is -0.378. The van der Waals surface area contributed by atoms with Crippen molar-refractivity contribution in [2.75, 3.05) is 5.32 Å². The van der Waals surface area contributed by atoms with Crippen LogP contribution in [0.2, 0.25) is 0 Å². The van der Waals surface area contributed by atoms with E-state index in [0.717, 1.165) is 35.0 Å². The van der Waals surface area contributed by atoms with E-state index in [-0.39, 0.29) is 6.04 Å². The number of para-hydroxylation sites is 1.